The SMILES string of the molecule is CC(C)Oc1ccc(C(=O)NCCC(O)Cc2ccc(-c3cn4cccc(CN)c4n3)cc2)cc1C#N. The van der Waals surface area contributed by atoms with Gasteiger partial charge in [0.25, 0.3) is 5.91 Å². The van der Waals surface area contributed by atoms with E-state index in [0.717, 1.165) is 28.0 Å². The van der Waals surface area contributed by atoms with E-state index in [-0.39, 0.29) is 12.0 Å². The summed E-state index contributed by atoms with van der Waals surface area (Å²) in [5.74, 6) is 0.159. The van der Waals surface area contributed by atoms with Crippen molar-refractivity contribution in [1.82, 2.24) is 14.7 Å². The highest BCUT2D eigenvalue weighted by Crippen LogP contribution is 2.23. The van der Waals surface area contributed by atoms with Crippen LogP contribution in [0.1, 0.15) is 47.3 Å². The zero-order chi connectivity index (χ0) is 26.4. The van der Waals surface area contributed by atoms with Gasteiger partial charge in [-0.2, -0.15) is 5.26 Å². The highest BCUT2D eigenvalue weighted by molar-refractivity contribution is 5.94. The molecule has 1 unspecified atom stereocenters. The van der Waals surface area contributed by atoms with Crippen molar-refractivity contribution in [3.8, 4) is 23.1 Å². The summed E-state index contributed by atoms with van der Waals surface area (Å²) in [5, 5.41) is 22.7. The second-order valence-corrected chi connectivity index (χ2v) is 9.18. The molecule has 4 aromatic rings. The Balaban J connectivity index is 1.30. The summed E-state index contributed by atoms with van der Waals surface area (Å²) in [6.45, 7) is 4.50. The van der Waals surface area contributed by atoms with Crippen molar-refractivity contribution in [2.75, 3.05) is 6.54 Å². The smallest absolute Gasteiger partial charge is 0.251 e. The van der Waals surface area contributed by atoms with Crippen LogP contribution in [0.5, 0.6) is 5.75 Å². The monoisotopic (exact) mass is 497 g/mol. The Morgan fingerprint density at radius 2 is 2.00 bits per heavy atom. The number of hydrogen-bond acceptors (Lipinski definition) is 6. The van der Waals surface area contributed by atoms with Gasteiger partial charge in [0.1, 0.15) is 17.5 Å². The van der Waals surface area contributed by atoms with Gasteiger partial charge in [-0.1, -0.05) is 30.3 Å². The number of benzene rings is 2. The molecule has 190 valence electrons. The van der Waals surface area contributed by atoms with E-state index in [1.165, 1.54) is 6.07 Å². The van der Waals surface area contributed by atoms with Crippen LogP contribution < -0.4 is 15.8 Å². The molecule has 8 nitrogen and oxygen atoms in total. The molecule has 0 fully saturated rings. The standard InChI is InChI=1S/C29H31N5O3/c1-19(2)37-27-10-9-22(15-24(27)17-31)29(36)32-12-11-25(35)14-20-5-7-21(8-6-20)26-18-34-13-3-4-23(16-30)28(34)33-26/h3-10,13,15,18-19,25,35H,11-12,14,16,30H2,1-2H3,(H,32,36). The number of carbonyl (C=O) groups excluding carboxylic acids is 1. The molecule has 2 aromatic heterocycles. The number of carbonyl (C=O) groups is 1. The Kier molecular flexibility index (Phi) is 8.18. The molecule has 8 heteroatoms. The molecular weight excluding hydrogens is 466 g/mol. The summed E-state index contributed by atoms with van der Waals surface area (Å²) in [4.78, 5) is 17.2. The third-order valence-electron chi connectivity index (χ3n) is 5.99. The Labute approximate surface area is 216 Å². The maximum atomic E-state index is 12.5. The largest absolute Gasteiger partial charge is 0.490 e. The molecule has 1 amide bonds. The topological polar surface area (TPSA) is 126 Å². The van der Waals surface area contributed by atoms with E-state index in [2.05, 4.69) is 11.4 Å². The third-order valence-corrected chi connectivity index (χ3v) is 5.99. The minimum absolute atomic E-state index is 0.0695. The minimum atomic E-state index is -0.607. The lowest BCUT2D eigenvalue weighted by Gasteiger charge is -2.13. The molecule has 2 heterocycles. The lowest BCUT2D eigenvalue weighted by Crippen LogP contribution is -2.27. The van der Waals surface area contributed by atoms with Crippen LogP contribution in [0, 0.1) is 11.3 Å². The number of fused-ring (bicyclic) bond motifs is 1. The zero-order valence-corrected chi connectivity index (χ0v) is 21.0. The van der Waals surface area contributed by atoms with Crippen LogP contribution in [0.25, 0.3) is 16.9 Å². The van der Waals surface area contributed by atoms with Gasteiger partial charge < -0.3 is 25.3 Å². The van der Waals surface area contributed by atoms with Crippen molar-refractivity contribution in [1.29, 1.82) is 5.26 Å². The molecule has 0 saturated heterocycles. The molecule has 0 aliphatic heterocycles. The number of pyridine rings is 1. The summed E-state index contributed by atoms with van der Waals surface area (Å²) in [6, 6.07) is 18.7. The van der Waals surface area contributed by atoms with Crippen LogP contribution in [-0.4, -0.2) is 39.2 Å². The Morgan fingerprint density at radius 1 is 1.22 bits per heavy atom. The highest BCUT2D eigenvalue weighted by Gasteiger charge is 2.13. The number of amides is 1. The molecule has 0 radical (unpaired) electrons. The number of nitriles is 1. The quantitative estimate of drug-likeness (QED) is 0.306. The lowest BCUT2D eigenvalue weighted by molar-refractivity contribution is 0.0943. The summed E-state index contributed by atoms with van der Waals surface area (Å²) in [5.41, 5.74) is 11.2. The minimum Gasteiger partial charge on any atom is -0.490 e. The van der Waals surface area contributed by atoms with Gasteiger partial charge in [-0.05, 0) is 56.5 Å². The highest BCUT2D eigenvalue weighted by atomic mass is 16.5. The fraction of sp³-hybridized carbons (Fsp3) is 0.276. The number of hydrogen-bond donors (Lipinski definition) is 3. The van der Waals surface area contributed by atoms with Crippen molar-refractivity contribution in [3.63, 3.8) is 0 Å². The normalized spacial score (nSPS) is 11.9. The van der Waals surface area contributed by atoms with Crippen molar-refractivity contribution in [3.05, 3.63) is 89.2 Å². The van der Waals surface area contributed by atoms with E-state index in [4.69, 9.17) is 15.5 Å². The first-order chi connectivity index (χ1) is 17.9. The van der Waals surface area contributed by atoms with Crippen molar-refractivity contribution in [2.24, 2.45) is 5.73 Å². The molecular formula is C29H31N5O3. The molecule has 0 aliphatic carbocycles. The number of aromatic nitrogens is 2. The first kappa shape index (κ1) is 25.9. The van der Waals surface area contributed by atoms with Gasteiger partial charge in [-0.3, -0.25) is 4.79 Å². The van der Waals surface area contributed by atoms with E-state index in [1.807, 2.05) is 67.0 Å². The number of imidazole rings is 1. The molecule has 0 aliphatic rings. The average Bonchev–Trinajstić information content (AvgIpc) is 3.33. The van der Waals surface area contributed by atoms with Crippen molar-refractivity contribution < 1.29 is 14.6 Å². The van der Waals surface area contributed by atoms with Crippen LogP contribution in [0.2, 0.25) is 0 Å². The van der Waals surface area contributed by atoms with Gasteiger partial charge in [0.05, 0.1) is 23.5 Å². The van der Waals surface area contributed by atoms with E-state index < -0.39 is 6.10 Å². The molecule has 0 bridgehead atoms. The van der Waals surface area contributed by atoms with E-state index in [9.17, 15) is 15.2 Å². The number of nitrogens with two attached hydrogens (primary N) is 1. The zero-order valence-electron chi connectivity index (χ0n) is 21.0. The summed E-state index contributed by atoms with van der Waals surface area (Å²) < 4.78 is 7.57. The number of aliphatic hydroxyl groups is 1. The Hall–Kier alpha value is -4.19. The first-order valence-corrected chi connectivity index (χ1v) is 12.3. The molecule has 1 atom stereocenters. The van der Waals surface area contributed by atoms with Crippen molar-refractivity contribution >= 4 is 11.6 Å². The van der Waals surface area contributed by atoms with Gasteiger partial charge in [0.15, 0.2) is 0 Å². The predicted molar refractivity (Wildman–Crippen MR) is 142 cm³/mol. The van der Waals surface area contributed by atoms with E-state index >= 15 is 0 Å². The van der Waals surface area contributed by atoms with Crippen LogP contribution in [0.15, 0.2) is 67.0 Å². The fourth-order valence-corrected chi connectivity index (χ4v) is 4.13. The average molecular weight is 498 g/mol. The number of aliphatic hydroxyl groups excluding tert-OH is 1. The summed E-state index contributed by atoms with van der Waals surface area (Å²) in [6.07, 6.45) is 4.13. The number of nitrogens with one attached hydrogen (secondary N) is 1. The summed E-state index contributed by atoms with van der Waals surface area (Å²) >= 11 is 0. The molecule has 0 saturated carbocycles. The van der Waals surface area contributed by atoms with Crippen LogP contribution in [0.3, 0.4) is 0 Å². The predicted octanol–water partition coefficient (Wildman–Crippen LogP) is 3.84. The van der Waals surface area contributed by atoms with Crippen LogP contribution >= 0.6 is 0 Å². The molecule has 4 N–H and O–H groups in total. The van der Waals surface area contributed by atoms with Gasteiger partial charge in [-0.15, -0.1) is 0 Å². The van der Waals surface area contributed by atoms with Gasteiger partial charge in [-0.25, -0.2) is 4.98 Å². The number of ether oxygens (including phenoxy) is 1. The maximum absolute atomic E-state index is 12.5. The number of nitrogens with zero attached hydrogens (tertiary/aromatic N) is 3. The third kappa shape index (κ3) is 6.33. The number of rotatable bonds is 10. The van der Waals surface area contributed by atoms with Gasteiger partial charge in [0, 0.05) is 42.2 Å². The second kappa shape index (κ2) is 11.7. The van der Waals surface area contributed by atoms with Gasteiger partial charge >= 0.3 is 0 Å². The molecule has 37 heavy (non-hydrogen) atoms. The van der Waals surface area contributed by atoms with Crippen LogP contribution in [0.4, 0.5) is 0 Å². The molecule has 2 aromatic carbocycles. The maximum Gasteiger partial charge on any atom is 0.251 e. The van der Waals surface area contributed by atoms with E-state index in [1.54, 1.807) is 12.1 Å². The van der Waals surface area contributed by atoms with Crippen LogP contribution in [-0.2, 0) is 13.0 Å². The van der Waals surface area contributed by atoms with E-state index in [0.29, 0.717) is 42.8 Å². The van der Waals surface area contributed by atoms with Crippen molar-refractivity contribution in [2.45, 2.75) is 45.4 Å². The first-order valence-electron chi connectivity index (χ1n) is 12.3. The molecule has 0 spiro atoms. The summed E-state index contributed by atoms with van der Waals surface area (Å²) in [7, 11) is 0. The molecule has 4 rings (SSSR count). The Bertz CT molecular complexity index is 1420. The second-order valence-electron chi connectivity index (χ2n) is 9.18. The lowest BCUT2D eigenvalue weighted by atomic mass is 10.0. The fourth-order valence-electron chi connectivity index (χ4n) is 4.13. The Morgan fingerprint density at radius 3 is 2.70 bits per heavy atom. The van der Waals surface area contributed by atoms with Gasteiger partial charge in [0.2, 0.25) is 0 Å².